The largest absolute Gasteiger partial charge is 0.342 e. The Kier molecular flexibility index (Phi) is 5.50. The lowest BCUT2D eigenvalue weighted by molar-refractivity contribution is -0.132. The van der Waals surface area contributed by atoms with Crippen LogP contribution in [0.2, 0.25) is 0 Å². The lowest BCUT2D eigenvalue weighted by Gasteiger charge is -2.32. The number of hydrogen-bond donors (Lipinski definition) is 0. The summed E-state index contributed by atoms with van der Waals surface area (Å²) in [5.74, 6) is 1.86. The molecule has 0 aliphatic carbocycles. The highest BCUT2D eigenvalue weighted by molar-refractivity contribution is 7.99. The molecule has 1 fully saturated rings. The van der Waals surface area contributed by atoms with E-state index in [0.29, 0.717) is 18.7 Å². The van der Waals surface area contributed by atoms with Crippen LogP contribution < -0.4 is 0 Å². The molecule has 1 saturated heterocycles. The van der Waals surface area contributed by atoms with Crippen LogP contribution in [-0.2, 0) is 11.8 Å². The Morgan fingerprint density at radius 1 is 1.38 bits per heavy atom. The fraction of sp³-hybridized carbons (Fsp3) is 0.471. The Hall–Kier alpha value is -1.89. The van der Waals surface area contributed by atoms with E-state index >= 15 is 0 Å². The number of aromatic nitrogens is 3. The van der Waals surface area contributed by atoms with Crippen molar-refractivity contribution >= 4 is 17.7 Å². The molecule has 0 spiro atoms. The Morgan fingerprint density at radius 2 is 2.17 bits per heavy atom. The molecule has 0 N–H and O–H groups in total. The van der Waals surface area contributed by atoms with Crippen LogP contribution in [-0.4, -0.2) is 44.4 Å². The van der Waals surface area contributed by atoms with Gasteiger partial charge in [0, 0.05) is 43.1 Å². The normalized spacial score (nSPS) is 17.9. The van der Waals surface area contributed by atoms with Crippen molar-refractivity contribution in [1.82, 2.24) is 19.7 Å². The number of nitrogens with zero attached hydrogens (tertiary/aromatic N) is 4. The topological polar surface area (TPSA) is 51.0 Å². The standard InChI is InChI=1S/C17H21FN4OS/c1-21-12-19-20-17(21)13-3-2-9-22(11-13)16(23)8-10-24-15-6-4-14(18)5-7-15/h4-7,12-13H,2-3,8-11H2,1H3. The Labute approximate surface area is 145 Å². The zero-order valence-electron chi connectivity index (χ0n) is 13.7. The summed E-state index contributed by atoms with van der Waals surface area (Å²) < 4.78 is 14.8. The van der Waals surface area contributed by atoms with Crippen LogP contribution >= 0.6 is 11.8 Å². The summed E-state index contributed by atoms with van der Waals surface area (Å²) >= 11 is 1.58. The van der Waals surface area contributed by atoms with Gasteiger partial charge < -0.3 is 9.47 Å². The first kappa shape index (κ1) is 17.0. The average molecular weight is 348 g/mol. The first-order chi connectivity index (χ1) is 11.6. The second kappa shape index (κ2) is 7.79. The van der Waals surface area contributed by atoms with Crippen molar-refractivity contribution in [2.45, 2.75) is 30.1 Å². The fourth-order valence-corrected chi connectivity index (χ4v) is 3.86. The fourth-order valence-electron chi connectivity index (χ4n) is 3.02. The van der Waals surface area contributed by atoms with Crippen LogP contribution in [0.1, 0.15) is 31.0 Å². The number of carbonyl (C=O) groups excluding carboxylic acids is 1. The summed E-state index contributed by atoms with van der Waals surface area (Å²) in [6, 6.07) is 6.38. The third kappa shape index (κ3) is 4.14. The lowest BCUT2D eigenvalue weighted by Crippen LogP contribution is -2.39. The highest BCUT2D eigenvalue weighted by Gasteiger charge is 2.27. The Bertz CT molecular complexity index is 688. The highest BCUT2D eigenvalue weighted by Crippen LogP contribution is 2.26. The van der Waals surface area contributed by atoms with E-state index in [1.807, 2.05) is 16.5 Å². The maximum Gasteiger partial charge on any atom is 0.223 e. The number of thioether (sulfide) groups is 1. The molecule has 5 nitrogen and oxygen atoms in total. The van der Waals surface area contributed by atoms with Gasteiger partial charge in [0.15, 0.2) is 0 Å². The SMILES string of the molecule is Cn1cnnc1C1CCCN(C(=O)CCSc2ccc(F)cc2)C1. The maximum absolute atomic E-state index is 12.9. The van der Waals surface area contributed by atoms with Crippen molar-refractivity contribution in [3.63, 3.8) is 0 Å². The van der Waals surface area contributed by atoms with Gasteiger partial charge in [0.25, 0.3) is 0 Å². The molecule has 3 rings (SSSR count). The quantitative estimate of drug-likeness (QED) is 0.780. The number of piperidine rings is 1. The third-order valence-corrected chi connectivity index (χ3v) is 5.30. The predicted molar refractivity (Wildman–Crippen MR) is 91.3 cm³/mol. The highest BCUT2D eigenvalue weighted by atomic mass is 32.2. The number of amides is 1. The summed E-state index contributed by atoms with van der Waals surface area (Å²) in [6.07, 6.45) is 4.23. The lowest BCUT2D eigenvalue weighted by atomic mass is 9.97. The molecule has 1 amide bonds. The van der Waals surface area contributed by atoms with Crippen molar-refractivity contribution in [1.29, 1.82) is 0 Å². The van der Waals surface area contributed by atoms with Crippen LogP contribution in [0.3, 0.4) is 0 Å². The van der Waals surface area contributed by atoms with Gasteiger partial charge in [0.2, 0.25) is 5.91 Å². The molecular weight excluding hydrogens is 327 g/mol. The van der Waals surface area contributed by atoms with Gasteiger partial charge in [-0.3, -0.25) is 4.79 Å². The molecule has 1 atom stereocenters. The maximum atomic E-state index is 12.9. The smallest absolute Gasteiger partial charge is 0.223 e. The molecule has 24 heavy (non-hydrogen) atoms. The van der Waals surface area contributed by atoms with Crippen molar-refractivity contribution in [3.05, 3.63) is 42.2 Å². The molecule has 1 aliphatic rings. The molecule has 7 heteroatoms. The zero-order valence-corrected chi connectivity index (χ0v) is 14.5. The number of halogens is 1. The van der Waals surface area contributed by atoms with Crippen molar-refractivity contribution in [2.24, 2.45) is 7.05 Å². The van der Waals surface area contributed by atoms with E-state index in [9.17, 15) is 9.18 Å². The summed E-state index contributed by atoms with van der Waals surface area (Å²) in [5.41, 5.74) is 0. The Balaban J connectivity index is 1.49. The van der Waals surface area contributed by atoms with Crippen molar-refractivity contribution in [2.75, 3.05) is 18.8 Å². The van der Waals surface area contributed by atoms with Crippen LogP contribution in [0.5, 0.6) is 0 Å². The molecule has 1 unspecified atom stereocenters. The first-order valence-corrected chi connectivity index (χ1v) is 9.12. The number of likely N-dealkylation sites (tertiary alicyclic amines) is 1. The molecule has 1 aromatic heterocycles. The van der Waals surface area contributed by atoms with E-state index in [-0.39, 0.29) is 17.6 Å². The summed E-state index contributed by atoms with van der Waals surface area (Å²) in [4.78, 5) is 15.4. The van der Waals surface area contributed by atoms with Crippen LogP contribution in [0.15, 0.2) is 35.5 Å². The first-order valence-electron chi connectivity index (χ1n) is 8.13. The van der Waals surface area contributed by atoms with Crippen LogP contribution in [0.4, 0.5) is 4.39 Å². The summed E-state index contributed by atoms with van der Waals surface area (Å²) in [7, 11) is 1.94. The minimum atomic E-state index is -0.237. The van der Waals surface area contributed by atoms with E-state index in [0.717, 1.165) is 30.1 Å². The number of rotatable bonds is 5. The number of aryl methyl sites for hydroxylation is 1. The van der Waals surface area contributed by atoms with Gasteiger partial charge in [-0.25, -0.2) is 4.39 Å². The average Bonchev–Trinajstić information content (AvgIpc) is 3.03. The summed E-state index contributed by atoms with van der Waals surface area (Å²) in [5, 5.41) is 8.12. The minimum absolute atomic E-state index is 0.177. The van der Waals surface area contributed by atoms with E-state index in [1.165, 1.54) is 12.1 Å². The van der Waals surface area contributed by atoms with Crippen LogP contribution in [0.25, 0.3) is 0 Å². The predicted octanol–water partition coefficient (Wildman–Crippen LogP) is 2.84. The summed E-state index contributed by atoms with van der Waals surface area (Å²) in [6.45, 7) is 1.53. The molecule has 1 aromatic carbocycles. The van der Waals surface area contributed by atoms with Gasteiger partial charge in [-0.15, -0.1) is 22.0 Å². The number of benzene rings is 1. The second-order valence-electron chi connectivity index (χ2n) is 6.03. The van der Waals surface area contributed by atoms with Gasteiger partial charge in [-0.1, -0.05) is 0 Å². The molecule has 1 aliphatic heterocycles. The molecule has 0 radical (unpaired) electrons. The van der Waals surface area contributed by atoms with E-state index in [4.69, 9.17) is 0 Å². The molecule has 128 valence electrons. The monoisotopic (exact) mass is 348 g/mol. The minimum Gasteiger partial charge on any atom is -0.342 e. The van der Waals surface area contributed by atoms with E-state index in [2.05, 4.69) is 10.2 Å². The Morgan fingerprint density at radius 3 is 2.88 bits per heavy atom. The third-order valence-electron chi connectivity index (χ3n) is 4.28. The second-order valence-corrected chi connectivity index (χ2v) is 7.20. The zero-order chi connectivity index (χ0) is 16.9. The molecule has 2 heterocycles. The molecule has 0 bridgehead atoms. The van der Waals surface area contributed by atoms with Crippen molar-refractivity contribution < 1.29 is 9.18 Å². The number of carbonyl (C=O) groups is 1. The van der Waals surface area contributed by atoms with Crippen LogP contribution in [0, 0.1) is 5.82 Å². The van der Waals surface area contributed by atoms with Gasteiger partial charge >= 0.3 is 0 Å². The molecular formula is C17H21FN4OS. The van der Waals surface area contributed by atoms with E-state index < -0.39 is 0 Å². The van der Waals surface area contributed by atoms with Gasteiger partial charge in [-0.2, -0.15) is 0 Å². The number of hydrogen-bond acceptors (Lipinski definition) is 4. The van der Waals surface area contributed by atoms with Gasteiger partial charge in [0.05, 0.1) is 0 Å². The molecule has 2 aromatic rings. The molecule has 0 saturated carbocycles. The van der Waals surface area contributed by atoms with E-state index in [1.54, 1.807) is 30.2 Å². The van der Waals surface area contributed by atoms with Gasteiger partial charge in [0.1, 0.15) is 18.0 Å². The van der Waals surface area contributed by atoms with Crippen molar-refractivity contribution in [3.8, 4) is 0 Å². The van der Waals surface area contributed by atoms with Gasteiger partial charge in [-0.05, 0) is 37.1 Å².